The van der Waals surface area contributed by atoms with Gasteiger partial charge in [-0.15, -0.1) is 0 Å². The van der Waals surface area contributed by atoms with Crippen molar-refractivity contribution < 1.29 is 9.53 Å². The van der Waals surface area contributed by atoms with E-state index >= 15 is 0 Å². The van der Waals surface area contributed by atoms with Crippen molar-refractivity contribution in [3.05, 3.63) is 0 Å². The summed E-state index contributed by atoms with van der Waals surface area (Å²) in [4.78, 5) is 10.9. The first-order valence-electron chi connectivity index (χ1n) is 4.96. The van der Waals surface area contributed by atoms with Crippen molar-refractivity contribution >= 4 is 5.78 Å². The zero-order valence-corrected chi connectivity index (χ0v) is 7.84. The second-order valence-electron chi connectivity index (χ2n) is 3.42. The SMILES string of the molecule is CCC(=O)CCCOC1CCC1. The summed E-state index contributed by atoms with van der Waals surface area (Å²) in [5.74, 6) is 0.354. The van der Waals surface area contributed by atoms with Gasteiger partial charge in [-0.25, -0.2) is 0 Å². The molecule has 0 aliphatic heterocycles. The van der Waals surface area contributed by atoms with E-state index in [0.29, 0.717) is 24.7 Å². The zero-order valence-electron chi connectivity index (χ0n) is 7.84. The van der Waals surface area contributed by atoms with E-state index in [-0.39, 0.29) is 0 Å². The quantitative estimate of drug-likeness (QED) is 0.572. The van der Waals surface area contributed by atoms with E-state index in [1.807, 2.05) is 6.92 Å². The Kier molecular flexibility index (Phi) is 4.30. The van der Waals surface area contributed by atoms with Crippen molar-refractivity contribution in [1.82, 2.24) is 0 Å². The molecule has 0 spiro atoms. The average molecular weight is 170 g/mol. The van der Waals surface area contributed by atoms with E-state index in [4.69, 9.17) is 4.74 Å². The van der Waals surface area contributed by atoms with Gasteiger partial charge in [0.05, 0.1) is 6.10 Å². The smallest absolute Gasteiger partial charge is 0.132 e. The molecule has 1 aliphatic rings. The number of hydrogen-bond donors (Lipinski definition) is 0. The predicted octanol–water partition coefficient (Wildman–Crippen LogP) is 2.31. The van der Waals surface area contributed by atoms with Crippen molar-refractivity contribution in [2.24, 2.45) is 0 Å². The highest BCUT2D eigenvalue weighted by Crippen LogP contribution is 2.21. The van der Waals surface area contributed by atoms with E-state index in [1.165, 1.54) is 19.3 Å². The molecule has 0 aromatic carbocycles. The first-order valence-corrected chi connectivity index (χ1v) is 4.96. The fraction of sp³-hybridized carbons (Fsp3) is 0.900. The van der Waals surface area contributed by atoms with E-state index < -0.39 is 0 Å². The molecule has 0 amide bonds. The van der Waals surface area contributed by atoms with Crippen LogP contribution < -0.4 is 0 Å². The Balaban J connectivity index is 1.85. The molecule has 0 heterocycles. The first-order chi connectivity index (χ1) is 5.83. The summed E-state index contributed by atoms with van der Waals surface area (Å²) in [5.41, 5.74) is 0. The monoisotopic (exact) mass is 170 g/mol. The van der Waals surface area contributed by atoms with Gasteiger partial charge in [0.25, 0.3) is 0 Å². The van der Waals surface area contributed by atoms with Crippen molar-refractivity contribution in [3.63, 3.8) is 0 Å². The summed E-state index contributed by atoms with van der Waals surface area (Å²) < 4.78 is 5.52. The van der Waals surface area contributed by atoms with Gasteiger partial charge in [0.1, 0.15) is 5.78 Å². The van der Waals surface area contributed by atoms with E-state index in [9.17, 15) is 4.79 Å². The lowest BCUT2D eigenvalue weighted by Crippen LogP contribution is -2.22. The zero-order chi connectivity index (χ0) is 8.81. The van der Waals surface area contributed by atoms with Crippen LogP contribution in [0.5, 0.6) is 0 Å². The molecule has 0 aromatic heterocycles. The Labute approximate surface area is 74.3 Å². The molecule has 0 saturated heterocycles. The first kappa shape index (κ1) is 9.72. The lowest BCUT2D eigenvalue weighted by Gasteiger charge is -2.25. The molecular weight excluding hydrogens is 152 g/mol. The molecule has 2 nitrogen and oxygen atoms in total. The molecule has 0 aromatic rings. The van der Waals surface area contributed by atoms with Crippen LogP contribution >= 0.6 is 0 Å². The number of ether oxygens (including phenoxy) is 1. The fourth-order valence-corrected chi connectivity index (χ4v) is 1.23. The van der Waals surface area contributed by atoms with Gasteiger partial charge in [0.15, 0.2) is 0 Å². The van der Waals surface area contributed by atoms with Gasteiger partial charge in [-0.05, 0) is 25.7 Å². The van der Waals surface area contributed by atoms with Gasteiger partial charge in [-0.3, -0.25) is 4.79 Å². The van der Waals surface area contributed by atoms with Crippen LogP contribution in [0.15, 0.2) is 0 Å². The standard InChI is InChI=1S/C10H18O2/c1-2-9(11)5-4-8-12-10-6-3-7-10/h10H,2-8H2,1H3. The van der Waals surface area contributed by atoms with Gasteiger partial charge in [0.2, 0.25) is 0 Å². The fourth-order valence-electron chi connectivity index (χ4n) is 1.23. The molecule has 12 heavy (non-hydrogen) atoms. The maximum atomic E-state index is 10.9. The molecule has 0 unspecified atom stereocenters. The van der Waals surface area contributed by atoms with Gasteiger partial charge in [-0.1, -0.05) is 6.92 Å². The predicted molar refractivity (Wildman–Crippen MR) is 48.1 cm³/mol. The Morgan fingerprint density at radius 1 is 1.50 bits per heavy atom. The van der Waals surface area contributed by atoms with Gasteiger partial charge in [0, 0.05) is 19.4 Å². The number of carbonyl (C=O) groups is 1. The highest BCUT2D eigenvalue weighted by molar-refractivity contribution is 5.77. The lowest BCUT2D eigenvalue weighted by atomic mass is 9.96. The van der Waals surface area contributed by atoms with Crippen LogP contribution in [0.2, 0.25) is 0 Å². The number of hydrogen-bond acceptors (Lipinski definition) is 2. The summed E-state index contributed by atoms with van der Waals surface area (Å²) in [7, 11) is 0. The van der Waals surface area contributed by atoms with E-state index in [2.05, 4.69) is 0 Å². The molecule has 2 heteroatoms. The van der Waals surface area contributed by atoms with E-state index in [0.717, 1.165) is 13.0 Å². The minimum Gasteiger partial charge on any atom is -0.378 e. The van der Waals surface area contributed by atoms with Crippen LogP contribution in [-0.4, -0.2) is 18.5 Å². The van der Waals surface area contributed by atoms with Crippen molar-refractivity contribution in [3.8, 4) is 0 Å². The number of rotatable bonds is 6. The second-order valence-corrected chi connectivity index (χ2v) is 3.42. The van der Waals surface area contributed by atoms with Crippen LogP contribution in [0, 0.1) is 0 Å². The molecule has 70 valence electrons. The normalized spacial score (nSPS) is 17.4. The summed E-state index contributed by atoms with van der Waals surface area (Å²) in [6.07, 6.45) is 6.56. The van der Waals surface area contributed by atoms with Crippen LogP contribution in [0.4, 0.5) is 0 Å². The van der Waals surface area contributed by atoms with Gasteiger partial charge >= 0.3 is 0 Å². The second kappa shape index (κ2) is 5.31. The lowest BCUT2D eigenvalue weighted by molar-refractivity contribution is -0.119. The Bertz CT molecular complexity index is 139. The molecule has 0 N–H and O–H groups in total. The number of carbonyl (C=O) groups excluding carboxylic acids is 1. The third kappa shape index (κ3) is 3.35. The molecule has 1 aliphatic carbocycles. The average Bonchev–Trinajstić information content (AvgIpc) is 2.00. The third-order valence-corrected chi connectivity index (χ3v) is 2.40. The Morgan fingerprint density at radius 2 is 2.25 bits per heavy atom. The van der Waals surface area contributed by atoms with Crippen LogP contribution in [0.3, 0.4) is 0 Å². The number of ketones is 1. The molecule has 0 bridgehead atoms. The van der Waals surface area contributed by atoms with Crippen LogP contribution in [0.1, 0.15) is 45.4 Å². The molecule has 1 rings (SSSR count). The molecule has 1 fully saturated rings. The molecule has 0 radical (unpaired) electrons. The van der Waals surface area contributed by atoms with Crippen LogP contribution in [-0.2, 0) is 9.53 Å². The maximum Gasteiger partial charge on any atom is 0.132 e. The Hall–Kier alpha value is -0.370. The van der Waals surface area contributed by atoms with Crippen molar-refractivity contribution in [1.29, 1.82) is 0 Å². The number of Topliss-reactive ketones (excluding diaryl/α,β-unsaturated/α-hetero) is 1. The summed E-state index contributed by atoms with van der Waals surface area (Å²) in [6.45, 7) is 2.69. The summed E-state index contributed by atoms with van der Waals surface area (Å²) >= 11 is 0. The third-order valence-electron chi connectivity index (χ3n) is 2.40. The topological polar surface area (TPSA) is 26.3 Å². The highest BCUT2D eigenvalue weighted by atomic mass is 16.5. The molecule has 0 atom stereocenters. The minimum atomic E-state index is 0.354. The molecular formula is C10H18O2. The van der Waals surface area contributed by atoms with Crippen molar-refractivity contribution in [2.75, 3.05) is 6.61 Å². The largest absolute Gasteiger partial charge is 0.378 e. The van der Waals surface area contributed by atoms with Gasteiger partial charge < -0.3 is 4.74 Å². The van der Waals surface area contributed by atoms with E-state index in [1.54, 1.807) is 0 Å². The Morgan fingerprint density at radius 3 is 2.75 bits per heavy atom. The molecule has 1 saturated carbocycles. The summed E-state index contributed by atoms with van der Waals surface area (Å²) in [6, 6.07) is 0. The summed E-state index contributed by atoms with van der Waals surface area (Å²) in [5, 5.41) is 0. The highest BCUT2D eigenvalue weighted by Gasteiger charge is 2.17. The van der Waals surface area contributed by atoms with Crippen molar-refractivity contribution in [2.45, 2.75) is 51.6 Å². The maximum absolute atomic E-state index is 10.9. The minimum absolute atomic E-state index is 0.354. The van der Waals surface area contributed by atoms with Gasteiger partial charge in [-0.2, -0.15) is 0 Å². The van der Waals surface area contributed by atoms with Crippen LogP contribution in [0.25, 0.3) is 0 Å².